The predicted octanol–water partition coefficient (Wildman–Crippen LogP) is 3.66. The standard InChI is InChI=1S/C21H23N3O4S/c22-20(25)15-4-2-1-3-14(15)13-9-16-18(12-5-7-29(27,28)8-6-12)11-24-19(16)17(10-13)21(23)26/h1-4,9-12,24,27-28H,5-8H2,(H2,22,25)(H2,23,26). The van der Waals surface area contributed by atoms with Crippen LogP contribution in [0.4, 0.5) is 0 Å². The molecular weight excluding hydrogens is 390 g/mol. The van der Waals surface area contributed by atoms with Crippen molar-refractivity contribution in [1.29, 1.82) is 0 Å². The number of nitrogens with two attached hydrogens (primary N) is 2. The second kappa shape index (κ2) is 7.22. The summed E-state index contributed by atoms with van der Waals surface area (Å²) in [6.07, 6.45) is 3.18. The van der Waals surface area contributed by atoms with Gasteiger partial charge in [0.1, 0.15) is 0 Å². The quantitative estimate of drug-likeness (QED) is 0.445. The maximum atomic E-state index is 12.1. The zero-order valence-corrected chi connectivity index (χ0v) is 16.5. The summed E-state index contributed by atoms with van der Waals surface area (Å²) in [5.41, 5.74) is 14.8. The highest BCUT2D eigenvalue weighted by molar-refractivity contribution is 8.24. The van der Waals surface area contributed by atoms with Gasteiger partial charge in [-0.05, 0) is 53.6 Å². The first-order chi connectivity index (χ1) is 13.8. The Bertz CT molecular complexity index is 1110. The summed E-state index contributed by atoms with van der Waals surface area (Å²) in [7, 11) is -2.48. The van der Waals surface area contributed by atoms with Crippen LogP contribution < -0.4 is 11.5 Å². The van der Waals surface area contributed by atoms with E-state index in [4.69, 9.17) is 11.5 Å². The molecule has 29 heavy (non-hydrogen) atoms. The van der Waals surface area contributed by atoms with Gasteiger partial charge in [0.05, 0.1) is 11.1 Å². The van der Waals surface area contributed by atoms with E-state index in [1.165, 1.54) is 0 Å². The smallest absolute Gasteiger partial charge is 0.250 e. The first kappa shape index (κ1) is 19.5. The molecule has 7 N–H and O–H groups in total. The summed E-state index contributed by atoms with van der Waals surface area (Å²) in [5.74, 6) is -0.229. The molecule has 3 aromatic rings. The Labute approximate surface area is 169 Å². The van der Waals surface area contributed by atoms with Crippen molar-refractivity contribution < 1.29 is 18.7 Å². The van der Waals surface area contributed by atoms with Gasteiger partial charge < -0.3 is 16.5 Å². The number of amides is 2. The van der Waals surface area contributed by atoms with Crippen LogP contribution in [0, 0.1) is 0 Å². The second-order valence-corrected chi connectivity index (χ2v) is 9.87. The van der Waals surface area contributed by atoms with E-state index in [1.807, 2.05) is 12.3 Å². The molecule has 0 unspecified atom stereocenters. The van der Waals surface area contributed by atoms with Gasteiger partial charge in [0.15, 0.2) is 0 Å². The zero-order valence-electron chi connectivity index (χ0n) is 15.7. The molecule has 0 bridgehead atoms. The Balaban J connectivity index is 1.88. The average molecular weight is 413 g/mol. The van der Waals surface area contributed by atoms with Crippen LogP contribution in [0.1, 0.15) is 45.0 Å². The van der Waals surface area contributed by atoms with Crippen molar-refractivity contribution in [3.05, 3.63) is 59.3 Å². The molecular formula is C21H23N3O4S. The van der Waals surface area contributed by atoms with Gasteiger partial charge in [0.25, 0.3) is 5.91 Å². The molecule has 1 aliphatic heterocycles. The molecule has 1 aliphatic rings. The predicted molar refractivity (Wildman–Crippen MR) is 115 cm³/mol. The van der Waals surface area contributed by atoms with Gasteiger partial charge in [-0.1, -0.05) is 18.2 Å². The van der Waals surface area contributed by atoms with Gasteiger partial charge in [-0.15, -0.1) is 0 Å². The Morgan fingerprint density at radius 3 is 2.31 bits per heavy atom. The summed E-state index contributed by atoms with van der Waals surface area (Å²) in [6, 6.07) is 10.6. The van der Waals surface area contributed by atoms with E-state index in [0.717, 1.165) is 10.9 Å². The van der Waals surface area contributed by atoms with E-state index in [0.29, 0.717) is 52.1 Å². The summed E-state index contributed by atoms with van der Waals surface area (Å²) in [4.78, 5) is 27.2. The Kier molecular flexibility index (Phi) is 4.85. The molecule has 0 spiro atoms. The summed E-state index contributed by atoms with van der Waals surface area (Å²) < 4.78 is 19.8. The number of nitrogens with one attached hydrogen (secondary N) is 1. The highest BCUT2D eigenvalue weighted by Crippen LogP contribution is 2.49. The largest absolute Gasteiger partial charge is 0.366 e. The molecule has 152 valence electrons. The number of carbonyl (C=O) groups excluding carboxylic acids is 2. The fourth-order valence-electron chi connectivity index (χ4n) is 4.11. The summed E-state index contributed by atoms with van der Waals surface area (Å²) in [5, 5.41) is 0.846. The Morgan fingerprint density at radius 2 is 1.66 bits per heavy atom. The first-order valence-corrected chi connectivity index (χ1v) is 11.2. The van der Waals surface area contributed by atoms with E-state index in [2.05, 4.69) is 4.98 Å². The number of aromatic amines is 1. The number of H-pyrrole nitrogens is 1. The lowest BCUT2D eigenvalue weighted by Gasteiger charge is -2.39. The number of primary amides is 2. The highest BCUT2D eigenvalue weighted by atomic mass is 32.3. The molecule has 1 aromatic heterocycles. The maximum absolute atomic E-state index is 12.1. The van der Waals surface area contributed by atoms with Gasteiger partial charge in [-0.25, -0.2) is 0 Å². The number of aromatic nitrogens is 1. The van der Waals surface area contributed by atoms with Crippen LogP contribution >= 0.6 is 10.6 Å². The molecule has 8 heteroatoms. The van der Waals surface area contributed by atoms with Gasteiger partial charge >= 0.3 is 0 Å². The summed E-state index contributed by atoms with van der Waals surface area (Å²) in [6.45, 7) is 0. The van der Waals surface area contributed by atoms with Crippen molar-refractivity contribution in [3.8, 4) is 11.1 Å². The molecule has 0 radical (unpaired) electrons. The lowest BCUT2D eigenvalue weighted by atomic mass is 9.90. The van der Waals surface area contributed by atoms with Crippen LogP contribution in [0.2, 0.25) is 0 Å². The third-order valence-corrected chi connectivity index (χ3v) is 7.40. The van der Waals surface area contributed by atoms with Crippen LogP contribution in [0.15, 0.2) is 42.6 Å². The van der Waals surface area contributed by atoms with Gasteiger partial charge in [0.2, 0.25) is 5.91 Å². The molecule has 1 saturated heterocycles. The Morgan fingerprint density at radius 1 is 1.00 bits per heavy atom. The number of hydrogen-bond acceptors (Lipinski definition) is 4. The van der Waals surface area contributed by atoms with E-state index in [1.54, 1.807) is 30.3 Å². The molecule has 1 fully saturated rings. The van der Waals surface area contributed by atoms with E-state index in [-0.39, 0.29) is 5.92 Å². The number of fused-ring (bicyclic) bond motifs is 1. The van der Waals surface area contributed by atoms with Crippen LogP contribution in [0.5, 0.6) is 0 Å². The van der Waals surface area contributed by atoms with Crippen molar-refractivity contribution in [2.45, 2.75) is 18.8 Å². The Hall–Kier alpha value is -2.81. The van der Waals surface area contributed by atoms with Gasteiger partial charge in [-0.2, -0.15) is 10.6 Å². The van der Waals surface area contributed by atoms with Crippen LogP contribution in [0.25, 0.3) is 22.0 Å². The molecule has 0 atom stereocenters. The molecule has 0 saturated carbocycles. The van der Waals surface area contributed by atoms with E-state index in [9.17, 15) is 18.7 Å². The topological polar surface area (TPSA) is 142 Å². The van der Waals surface area contributed by atoms with Crippen molar-refractivity contribution >= 4 is 33.3 Å². The van der Waals surface area contributed by atoms with Crippen molar-refractivity contribution in [2.24, 2.45) is 11.5 Å². The molecule has 2 heterocycles. The summed E-state index contributed by atoms with van der Waals surface area (Å²) >= 11 is 0. The number of benzene rings is 2. The lowest BCUT2D eigenvalue weighted by Crippen LogP contribution is -2.19. The van der Waals surface area contributed by atoms with Crippen LogP contribution in [0.3, 0.4) is 0 Å². The van der Waals surface area contributed by atoms with Crippen molar-refractivity contribution in [1.82, 2.24) is 4.98 Å². The first-order valence-electron chi connectivity index (χ1n) is 9.34. The highest BCUT2D eigenvalue weighted by Gasteiger charge is 2.27. The van der Waals surface area contributed by atoms with Gasteiger partial charge in [-0.3, -0.25) is 18.7 Å². The number of rotatable bonds is 4. The lowest BCUT2D eigenvalue weighted by molar-refractivity contribution is 0.0993. The normalized spacial score (nSPS) is 17.9. The second-order valence-electron chi connectivity index (χ2n) is 7.45. The van der Waals surface area contributed by atoms with E-state index >= 15 is 0 Å². The fraction of sp³-hybridized carbons (Fsp3) is 0.238. The monoisotopic (exact) mass is 413 g/mol. The van der Waals surface area contributed by atoms with Crippen molar-refractivity contribution in [2.75, 3.05) is 11.5 Å². The number of hydrogen-bond donors (Lipinski definition) is 5. The van der Waals surface area contributed by atoms with Crippen molar-refractivity contribution in [3.63, 3.8) is 0 Å². The maximum Gasteiger partial charge on any atom is 0.250 e. The van der Waals surface area contributed by atoms with Crippen LogP contribution in [-0.4, -0.2) is 37.4 Å². The zero-order chi connectivity index (χ0) is 20.8. The molecule has 7 nitrogen and oxygen atoms in total. The SMILES string of the molecule is NC(=O)c1ccccc1-c1cc(C(N)=O)c2[nH]cc(C3CCS(O)(O)CC3)c2c1. The van der Waals surface area contributed by atoms with Gasteiger partial charge in [0, 0.05) is 28.7 Å². The fourth-order valence-corrected chi connectivity index (χ4v) is 5.64. The minimum atomic E-state index is -2.48. The third kappa shape index (κ3) is 3.62. The average Bonchev–Trinajstić information content (AvgIpc) is 3.11. The van der Waals surface area contributed by atoms with E-state index < -0.39 is 22.4 Å². The molecule has 2 aromatic carbocycles. The molecule has 2 amide bonds. The third-order valence-electron chi connectivity index (χ3n) is 5.62. The van der Waals surface area contributed by atoms with Crippen LogP contribution in [-0.2, 0) is 0 Å². The molecule has 0 aliphatic carbocycles. The minimum Gasteiger partial charge on any atom is -0.366 e. The number of carbonyl (C=O) groups is 2. The minimum absolute atomic E-state index is 0.144. The molecule has 4 rings (SSSR count).